The molecule has 1 aliphatic carbocycles. The van der Waals surface area contributed by atoms with Gasteiger partial charge in [0.15, 0.2) is 5.82 Å². The van der Waals surface area contributed by atoms with Gasteiger partial charge in [-0.05, 0) is 19.3 Å². The fraction of sp³-hybridized carbons (Fsp3) is 0.400. The highest BCUT2D eigenvalue weighted by molar-refractivity contribution is 6.17. The van der Waals surface area contributed by atoms with Crippen molar-refractivity contribution in [1.29, 1.82) is 0 Å². The van der Waals surface area contributed by atoms with Crippen LogP contribution in [0.15, 0.2) is 18.0 Å². The van der Waals surface area contributed by atoms with Crippen LogP contribution in [0.1, 0.15) is 19.3 Å². The molecule has 0 aromatic carbocycles. The highest BCUT2D eigenvalue weighted by Gasteiger charge is 2.40. The molecular weight excluding hydrogens is 222 g/mol. The minimum atomic E-state index is -0.465. The Morgan fingerprint density at radius 1 is 1.41 bits per heavy atom. The molecule has 0 saturated carbocycles. The summed E-state index contributed by atoms with van der Waals surface area (Å²) >= 11 is 0. The van der Waals surface area contributed by atoms with Gasteiger partial charge in [-0.15, -0.1) is 5.10 Å². The first-order valence-electron chi connectivity index (χ1n) is 5.49. The van der Waals surface area contributed by atoms with Crippen molar-refractivity contribution in [2.24, 2.45) is 5.92 Å². The van der Waals surface area contributed by atoms with Gasteiger partial charge in [0, 0.05) is 5.70 Å². The van der Waals surface area contributed by atoms with Crippen LogP contribution in [0.3, 0.4) is 0 Å². The van der Waals surface area contributed by atoms with Crippen LogP contribution in [0.4, 0.5) is 10.6 Å². The lowest BCUT2D eigenvalue weighted by atomic mass is 9.89. The summed E-state index contributed by atoms with van der Waals surface area (Å²) in [6.07, 6.45) is 5.98. The monoisotopic (exact) mass is 233 g/mol. The molecule has 0 spiro atoms. The van der Waals surface area contributed by atoms with Crippen LogP contribution in [-0.4, -0.2) is 27.3 Å². The summed E-state index contributed by atoms with van der Waals surface area (Å²) in [4.78, 5) is 25.1. The van der Waals surface area contributed by atoms with Gasteiger partial charge in [-0.2, -0.15) is 0 Å². The first-order valence-corrected chi connectivity index (χ1v) is 5.49. The van der Waals surface area contributed by atoms with E-state index in [1.165, 1.54) is 6.20 Å². The number of anilines is 1. The lowest BCUT2D eigenvalue weighted by Crippen LogP contribution is -2.54. The predicted molar refractivity (Wildman–Crippen MR) is 57.8 cm³/mol. The van der Waals surface area contributed by atoms with Crippen LogP contribution in [0.25, 0.3) is 0 Å². The van der Waals surface area contributed by atoms with Crippen molar-refractivity contribution >= 4 is 17.8 Å². The quantitative estimate of drug-likeness (QED) is 0.740. The van der Waals surface area contributed by atoms with Gasteiger partial charge in [0.05, 0.1) is 12.1 Å². The zero-order chi connectivity index (χ0) is 11.8. The van der Waals surface area contributed by atoms with Crippen molar-refractivity contribution in [2.75, 3.05) is 4.90 Å². The Bertz CT molecular complexity index is 493. The molecule has 17 heavy (non-hydrogen) atoms. The van der Waals surface area contributed by atoms with Gasteiger partial charge < -0.3 is 5.32 Å². The van der Waals surface area contributed by atoms with E-state index in [4.69, 9.17) is 0 Å². The number of hydrogen-bond donors (Lipinski definition) is 2. The van der Waals surface area contributed by atoms with Crippen LogP contribution in [0, 0.1) is 5.92 Å². The molecule has 1 unspecified atom stereocenters. The number of allylic oxidation sites excluding steroid dienone is 1. The Balaban J connectivity index is 1.97. The number of rotatable bonds is 1. The minimum absolute atomic E-state index is 0.228. The molecule has 1 aromatic heterocycles. The van der Waals surface area contributed by atoms with Crippen LogP contribution in [-0.2, 0) is 4.79 Å². The molecule has 2 heterocycles. The number of urea groups is 1. The fourth-order valence-corrected chi connectivity index (χ4v) is 2.23. The molecule has 1 fully saturated rings. The van der Waals surface area contributed by atoms with Gasteiger partial charge in [-0.25, -0.2) is 9.69 Å². The van der Waals surface area contributed by atoms with Gasteiger partial charge in [0.1, 0.15) is 0 Å². The summed E-state index contributed by atoms with van der Waals surface area (Å²) in [6.45, 7) is 0. The fourth-order valence-electron chi connectivity index (χ4n) is 2.23. The summed E-state index contributed by atoms with van der Waals surface area (Å²) < 4.78 is 0. The van der Waals surface area contributed by atoms with E-state index in [1.54, 1.807) is 0 Å². The average Bonchev–Trinajstić information content (AvgIpc) is 2.83. The highest BCUT2D eigenvalue weighted by atomic mass is 16.2. The van der Waals surface area contributed by atoms with Crippen molar-refractivity contribution in [1.82, 2.24) is 20.7 Å². The van der Waals surface area contributed by atoms with E-state index in [1.807, 2.05) is 6.08 Å². The summed E-state index contributed by atoms with van der Waals surface area (Å²) in [5.41, 5.74) is 0.728. The number of carbonyl (C=O) groups excluding carboxylic acids is 2. The van der Waals surface area contributed by atoms with Crippen molar-refractivity contribution in [3.05, 3.63) is 18.0 Å². The number of aromatic nitrogens is 3. The Labute approximate surface area is 96.9 Å². The van der Waals surface area contributed by atoms with E-state index < -0.39 is 6.03 Å². The molecule has 1 aromatic rings. The number of hydrogen-bond acceptors (Lipinski definition) is 4. The third kappa shape index (κ3) is 1.50. The van der Waals surface area contributed by atoms with Crippen molar-refractivity contribution in [3.63, 3.8) is 0 Å². The number of nitrogens with zero attached hydrogens (tertiary/aromatic N) is 3. The summed E-state index contributed by atoms with van der Waals surface area (Å²) in [6, 6.07) is -0.465. The lowest BCUT2D eigenvalue weighted by Gasteiger charge is -2.33. The first kappa shape index (κ1) is 10.0. The maximum atomic E-state index is 12.2. The summed E-state index contributed by atoms with van der Waals surface area (Å²) in [5, 5.41) is 12.4. The van der Waals surface area contributed by atoms with Crippen molar-refractivity contribution in [3.8, 4) is 0 Å². The third-order valence-electron chi connectivity index (χ3n) is 3.04. The molecule has 2 N–H and O–H groups in total. The third-order valence-corrected chi connectivity index (χ3v) is 3.04. The van der Waals surface area contributed by atoms with Gasteiger partial charge >= 0.3 is 6.03 Å². The molecule has 3 rings (SSSR count). The standard InChI is InChI=1S/C10H11N5O2/c16-9-6-3-1-2-4-7(6)12-10(17)15(9)8-5-11-14-13-8/h4-6H,1-3H2,(H,12,17)(H,11,13,14). The Hall–Kier alpha value is -2.18. The zero-order valence-corrected chi connectivity index (χ0v) is 9.01. The summed E-state index contributed by atoms with van der Waals surface area (Å²) in [5.74, 6) is -0.246. The number of H-pyrrole nitrogens is 1. The summed E-state index contributed by atoms with van der Waals surface area (Å²) in [7, 11) is 0. The van der Waals surface area contributed by atoms with Crippen LogP contribution in [0.2, 0.25) is 0 Å². The first-order chi connectivity index (χ1) is 8.27. The largest absolute Gasteiger partial charge is 0.334 e. The van der Waals surface area contributed by atoms with Gasteiger partial charge in [0.2, 0.25) is 5.91 Å². The molecule has 1 atom stereocenters. The number of fused-ring (bicyclic) bond motifs is 1. The maximum Gasteiger partial charge on any atom is 0.334 e. The number of amides is 3. The van der Waals surface area contributed by atoms with E-state index in [0.717, 1.165) is 29.9 Å². The van der Waals surface area contributed by atoms with Crippen molar-refractivity contribution < 1.29 is 9.59 Å². The van der Waals surface area contributed by atoms with E-state index in [9.17, 15) is 9.59 Å². The highest BCUT2D eigenvalue weighted by Crippen LogP contribution is 2.29. The SMILES string of the molecule is O=C1NC2=CCCCC2C(=O)N1c1c[nH]nn1. The van der Waals surface area contributed by atoms with E-state index >= 15 is 0 Å². The van der Waals surface area contributed by atoms with Gasteiger partial charge in [0.25, 0.3) is 0 Å². The number of aromatic amines is 1. The van der Waals surface area contributed by atoms with Gasteiger partial charge in [-0.3, -0.25) is 9.89 Å². The molecule has 0 radical (unpaired) electrons. The second-order valence-electron chi connectivity index (χ2n) is 4.08. The molecule has 3 amide bonds. The lowest BCUT2D eigenvalue weighted by molar-refractivity contribution is -0.121. The number of imide groups is 1. The zero-order valence-electron chi connectivity index (χ0n) is 9.01. The predicted octanol–water partition coefficient (Wildman–Crippen LogP) is 0.545. The topological polar surface area (TPSA) is 91.0 Å². The number of carbonyl (C=O) groups is 2. The molecule has 1 aliphatic heterocycles. The van der Waals surface area contributed by atoms with Crippen molar-refractivity contribution in [2.45, 2.75) is 19.3 Å². The molecule has 7 heteroatoms. The molecule has 2 aliphatic rings. The molecule has 88 valence electrons. The Kier molecular flexibility index (Phi) is 2.17. The van der Waals surface area contributed by atoms with Crippen LogP contribution in [0.5, 0.6) is 0 Å². The smallest absolute Gasteiger partial charge is 0.310 e. The molecular formula is C10H11N5O2. The van der Waals surface area contributed by atoms with Crippen LogP contribution < -0.4 is 10.2 Å². The number of nitrogens with one attached hydrogen (secondary N) is 2. The normalized spacial score (nSPS) is 24.1. The second kappa shape index (κ2) is 3.69. The average molecular weight is 233 g/mol. The van der Waals surface area contributed by atoms with Crippen LogP contribution >= 0.6 is 0 Å². The van der Waals surface area contributed by atoms with E-state index in [2.05, 4.69) is 20.7 Å². The Morgan fingerprint density at radius 3 is 3.06 bits per heavy atom. The van der Waals surface area contributed by atoms with E-state index in [0.29, 0.717) is 0 Å². The van der Waals surface area contributed by atoms with E-state index in [-0.39, 0.29) is 17.6 Å². The molecule has 1 saturated heterocycles. The molecule has 7 nitrogen and oxygen atoms in total. The second-order valence-corrected chi connectivity index (χ2v) is 4.08. The Morgan fingerprint density at radius 2 is 2.29 bits per heavy atom. The maximum absolute atomic E-state index is 12.2. The minimum Gasteiger partial charge on any atom is -0.310 e. The molecule has 0 bridgehead atoms. The van der Waals surface area contributed by atoms with Gasteiger partial charge in [-0.1, -0.05) is 11.3 Å².